The topological polar surface area (TPSA) is 17.1 Å². The SMILES string of the molecule is C=C(Cl)C(F)(F)F.CC1(C)C[C@H]1C=O. The summed E-state index contributed by atoms with van der Waals surface area (Å²) in [5, 5.41) is -1.28. The molecule has 1 saturated carbocycles. The fourth-order valence-electron chi connectivity index (χ4n) is 0.740. The highest BCUT2D eigenvalue weighted by Gasteiger charge is 2.45. The van der Waals surface area contributed by atoms with E-state index in [-0.39, 0.29) is 0 Å². The van der Waals surface area contributed by atoms with Crippen LogP contribution in [0.5, 0.6) is 0 Å². The molecule has 82 valence electrons. The number of carbonyl (C=O) groups is 1. The van der Waals surface area contributed by atoms with Crippen molar-refractivity contribution in [1.29, 1.82) is 0 Å². The van der Waals surface area contributed by atoms with Crippen LogP contribution in [0.15, 0.2) is 11.6 Å². The summed E-state index contributed by atoms with van der Waals surface area (Å²) in [7, 11) is 0. The second-order valence-corrected chi connectivity index (χ2v) is 4.29. The largest absolute Gasteiger partial charge is 0.426 e. The molecule has 1 aliphatic rings. The molecule has 5 heteroatoms. The van der Waals surface area contributed by atoms with Crippen molar-refractivity contribution >= 4 is 17.9 Å². The van der Waals surface area contributed by atoms with Gasteiger partial charge in [0.2, 0.25) is 0 Å². The Morgan fingerprint density at radius 2 is 1.86 bits per heavy atom. The van der Waals surface area contributed by atoms with Gasteiger partial charge in [0.05, 0.1) is 0 Å². The summed E-state index contributed by atoms with van der Waals surface area (Å²) in [6, 6.07) is 0. The predicted octanol–water partition coefficient (Wildman–Crippen LogP) is 3.53. The van der Waals surface area contributed by atoms with Crippen LogP contribution in [0.2, 0.25) is 0 Å². The Morgan fingerprint density at radius 1 is 1.57 bits per heavy atom. The summed E-state index contributed by atoms with van der Waals surface area (Å²) in [6.07, 6.45) is -2.28. The molecule has 0 spiro atoms. The van der Waals surface area contributed by atoms with E-state index < -0.39 is 11.2 Å². The van der Waals surface area contributed by atoms with Crippen LogP contribution in [0.25, 0.3) is 0 Å². The van der Waals surface area contributed by atoms with Gasteiger partial charge in [0.25, 0.3) is 0 Å². The molecule has 1 nitrogen and oxygen atoms in total. The molecule has 0 radical (unpaired) electrons. The fourth-order valence-corrected chi connectivity index (χ4v) is 0.740. The van der Waals surface area contributed by atoms with Crippen LogP contribution >= 0.6 is 11.6 Å². The third kappa shape index (κ3) is 4.65. The van der Waals surface area contributed by atoms with Crippen molar-refractivity contribution in [2.45, 2.75) is 26.4 Å². The van der Waals surface area contributed by atoms with E-state index in [4.69, 9.17) is 0 Å². The summed E-state index contributed by atoms with van der Waals surface area (Å²) in [5.74, 6) is 0.368. The maximum absolute atomic E-state index is 10.9. The van der Waals surface area contributed by atoms with Gasteiger partial charge in [-0.1, -0.05) is 32.0 Å². The van der Waals surface area contributed by atoms with Gasteiger partial charge in [0.15, 0.2) is 0 Å². The number of carbonyl (C=O) groups excluding carboxylic acids is 1. The van der Waals surface area contributed by atoms with Crippen molar-refractivity contribution in [2.24, 2.45) is 11.3 Å². The molecule has 0 heterocycles. The molecule has 1 atom stereocenters. The van der Waals surface area contributed by atoms with Crippen LogP contribution in [0, 0.1) is 11.3 Å². The maximum Gasteiger partial charge on any atom is 0.426 e. The predicted molar refractivity (Wildman–Crippen MR) is 49.0 cm³/mol. The Hall–Kier alpha value is -0.510. The van der Waals surface area contributed by atoms with Crippen molar-refractivity contribution in [3.05, 3.63) is 11.6 Å². The molecule has 1 fully saturated rings. The molecule has 0 bridgehead atoms. The Kier molecular flexibility index (Phi) is 4.18. The molecule has 0 aromatic heterocycles. The zero-order chi connectivity index (χ0) is 11.6. The molecule has 0 aliphatic heterocycles. The number of rotatable bonds is 1. The second-order valence-electron chi connectivity index (χ2n) is 3.84. The number of halogens is 4. The van der Waals surface area contributed by atoms with Crippen molar-refractivity contribution in [1.82, 2.24) is 0 Å². The Bertz CT molecular complexity index is 233. The van der Waals surface area contributed by atoms with Gasteiger partial charge in [0.1, 0.15) is 11.3 Å². The molecule has 0 N–H and O–H groups in total. The van der Waals surface area contributed by atoms with Crippen molar-refractivity contribution in [2.75, 3.05) is 0 Å². The van der Waals surface area contributed by atoms with Crippen molar-refractivity contribution in [3.63, 3.8) is 0 Å². The molecule has 1 aliphatic carbocycles. The van der Waals surface area contributed by atoms with E-state index in [1.165, 1.54) is 0 Å². The van der Waals surface area contributed by atoms with Gasteiger partial charge in [0, 0.05) is 5.92 Å². The molecule has 0 amide bonds. The summed E-state index contributed by atoms with van der Waals surface area (Å²) >= 11 is 4.43. The lowest BCUT2D eigenvalue weighted by atomic mass is 10.1. The van der Waals surface area contributed by atoms with Gasteiger partial charge in [-0.25, -0.2) is 0 Å². The van der Waals surface area contributed by atoms with E-state index in [0.717, 1.165) is 12.7 Å². The fraction of sp³-hybridized carbons (Fsp3) is 0.667. The van der Waals surface area contributed by atoms with E-state index in [1.54, 1.807) is 0 Å². The smallest absolute Gasteiger partial charge is 0.303 e. The number of alkyl halides is 3. The minimum absolute atomic E-state index is 0.349. The van der Waals surface area contributed by atoms with Gasteiger partial charge in [-0.2, -0.15) is 13.2 Å². The Balaban J connectivity index is 0.000000241. The lowest BCUT2D eigenvalue weighted by molar-refractivity contribution is -0.109. The normalized spacial score (nSPS) is 23.1. The van der Waals surface area contributed by atoms with E-state index >= 15 is 0 Å². The quantitative estimate of drug-likeness (QED) is 0.628. The van der Waals surface area contributed by atoms with E-state index in [1.807, 2.05) is 0 Å². The van der Waals surface area contributed by atoms with Gasteiger partial charge < -0.3 is 4.79 Å². The van der Waals surface area contributed by atoms with Crippen LogP contribution in [0.4, 0.5) is 13.2 Å². The van der Waals surface area contributed by atoms with E-state index in [9.17, 15) is 18.0 Å². The third-order valence-corrected chi connectivity index (χ3v) is 2.28. The molecule has 14 heavy (non-hydrogen) atoms. The molecular weight excluding hydrogens is 217 g/mol. The molecular formula is C9H12ClF3O. The molecule has 0 aromatic rings. The summed E-state index contributed by atoms with van der Waals surface area (Å²) in [4.78, 5) is 9.98. The van der Waals surface area contributed by atoms with E-state index in [2.05, 4.69) is 32.0 Å². The highest BCUT2D eigenvalue weighted by molar-refractivity contribution is 6.29. The van der Waals surface area contributed by atoms with Gasteiger partial charge in [-0.3, -0.25) is 0 Å². The minimum Gasteiger partial charge on any atom is -0.303 e. The first-order chi connectivity index (χ1) is 6.11. The molecule has 0 saturated heterocycles. The summed E-state index contributed by atoms with van der Waals surface area (Å²) in [6.45, 7) is 6.70. The van der Waals surface area contributed by atoms with Crippen LogP contribution in [0.3, 0.4) is 0 Å². The first kappa shape index (κ1) is 13.5. The standard InChI is InChI=1S/C6H10O.C3H2ClF3/c1-6(2)3-5(6)4-7;1-2(4)3(5,6)7/h4-5H,3H2,1-2H3;1H2/t5-;/m0./s1. The van der Waals surface area contributed by atoms with Crippen LogP contribution in [0.1, 0.15) is 20.3 Å². The number of hydrogen-bond acceptors (Lipinski definition) is 1. The van der Waals surface area contributed by atoms with Gasteiger partial charge >= 0.3 is 6.18 Å². The monoisotopic (exact) mass is 228 g/mol. The first-order valence-electron chi connectivity index (χ1n) is 3.98. The minimum atomic E-state index is -4.43. The van der Waals surface area contributed by atoms with Crippen LogP contribution < -0.4 is 0 Å². The second kappa shape index (κ2) is 4.34. The maximum atomic E-state index is 10.9. The van der Waals surface area contributed by atoms with Crippen LogP contribution in [-0.2, 0) is 4.79 Å². The highest BCUT2D eigenvalue weighted by atomic mass is 35.5. The van der Waals surface area contributed by atoms with Crippen LogP contribution in [-0.4, -0.2) is 12.5 Å². The molecule has 1 rings (SSSR count). The summed E-state index contributed by atoms with van der Waals surface area (Å²) < 4.78 is 32.8. The third-order valence-electron chi connectivity index (χ3n) is 2.06. The number of hydrogen-bond donors (Lipinski definition) is 0. The van der Waals surface area contributed by atoms with E-state index in [0.29, 0.717) is 11.3 Å². The number of aldehydes is 1. The number of allylic oxidation sites excluding steroid dienone is 1. The average molecular weight is 229 g/mol. The zero-order valence-corrected chi connectivity index (χ0v) is 8.74. The van der Waals surface area contributed by atoms with Crippen molar-refractivity contribution in [3.8, 4) is 0 Å². The van der Waals surface area contributed by atoms with Gasteiger partial charge in [-0.15, -0.1) is 0 Å². The summed E-state index contributed by atoms with van der Waals surface area (Å²) in [5.41, 5.74) is 0.349. The first-order valence-corrected chi connectivity index (χ1v) is 4.36. The zero-order valence-electron chi connectivity index (χ0n) is 7.99. The van der Waals surface area contributed by atoms with Crippen molar-refractivity contribution < 1.29 is 18.0 Å². The lowest BCUT2D eigenvalue weighted by Gasteiger charge is -1.98. The molecule has 0 aromatic carbocycles. The average Bonchev–Trinajstić information content (AvgIpc) is 2.58. The Morgan fingerprint density at radius 3 is 1.86 bits per heavy atom. The highest BCUT2D eigenvalue weighted by Crippen LogP contribution is 2.49. The van der Waals surface area contributed by atoms with Gasteiger partial charge in [-0.05, 0) is 11.8 Å². The molecule has 0 unspecified atom stereocenters. The Labute approximate surface area is 85.9 Å². The lowest BCUT2D eigenvalue weighted by Crippen LogP contribution is -2.04.